The van der Waals surface area contributed by atoms with Gasteiger partial charge in [-0.1, -0.05) is 19.0 Å². The number of nitrogens with one attached hydrogen (secondary N) is 1. The second-order valence-corrected chi connectivity index (χ2v) is 5.09. The van der Waals surface area contributed by atoms with Crippen molar-refractivity contribution in [2.24, 2.45) is 0 Å². The molecule has 0 bridgehead atoms. The molecule has 6 heteroatoms. The van der Waals surface area contributed by atoms with Crippen molar-refractivity contribution in [2.75, 3.05) is 13.6 Å². The molecule has 1 rings (SSSR count). The molecule has 1 heterocycles. The van der Waals surface area contributed by atoms with Crippen LogP contribution in [0.15, 0.2) is 10.6 Å². The third-order valence-electron chi connectivity index (χ3n) is 2.81. The Balaban J connectivity index is 2.36. The van der Waals surface area contributed by atoms with E-state index in [2.05, 4.69) is 10.5 Å². The van der Waals surface area contributed by atoms with Crippen LogP contribution in [0.4, 0.5) is 4.79 Å². The van der Waals surface area contributed by atoms with Crippen molar-refractivity contribution in [3.63, 3.8) is 0 Å². The minimum absolute atomic E-state index is 0.192. The van der Waals surface area contributed by atoms with E-state index in [1.807, 2.05) is 19.9 Å². The zero-order valence-corrected chi connectivity index (χ0v) is 12.0. The Morgan fingerprint density at radius 3 is 2.74 bits per heavy atom. The van der Waals surface area contributed by atoms with Gasteiger partial charge in [0.15, 0.2) is 5.76 Å². The summed E-state index contributed by atoms with van der Waals surface area (Å²) in [6, 6.07) is 1.66. The van der Waals surface area contributed by atoms with Gasteiger partial charge in [0, 0.05) is 19.7 Å². The van der Waals surface area contributed by atoms with Crippen LogP contribution in [0.5, 0.6) is 0 Å². The molecule has 0 saturated heterocycles. The Morgan fingerprint density at radius 2 is 2.21 bits per heavy atom. The number of carbonyl (C=O) groups is 1. The van der Waals surface area contributed by atoms with E-state index >= 15 is 0 Å². The van der Waals surface area contributed by atoms with Gasteiger partial charge < -0.3 is 19.8 Å². The largest absolute Gasteiger partial charge is 0.393 e. The van der Waals surface area contributed by atoms with Gasteiger partial charge in [-0.25, -0.2) is 4.79 Å². The molecule has 0 saturated carbocycles. The number of hydrogen-bond donors (Lipinski definition) is 2. The minimum atomic E-state index is -0.405. The summed E-state index contributed by atoms with van der Waals surface area (Å²) in [4.78, 5) is 13.3. The fourth-order valence-electron chi connectivity index (χ4n) is 1.46. The average molecular weight is 269 g/mol. The van der Waals surface area contributed by atoms with E-state index in [1.165, 1.54) is 4.90 Å². The first-order chi connectivity index (χ1) is 8.90. The third kappa shape index (κ3) is 5.30. The van der Waals surface area contributed by atoms with Gasteiger partial charge in [0.2, 0.25) is 0 Å². The van der Waals surface area contributed by atoms with Crippen molar-refractivity contribution in [3.05, 3.63) is 17.5 Å². The standard InChI is InChI=1S/C13H23N3O3/c1-9(2)12-7-11(19-15-12)8-14-13(18)16(4)6-5-10(3)17/h7,9-10,17H,5-6,8H2,1-4H3,(H,14,18). The van der Waals surface area contributed by atoms with Gasteiger partial charge >= 0.3 is 6.03 Å². The molecule has 0 aliphatic rings. The van der Waals surface area contributed by atoms with E-state index in [1.54, 1.807) is 14.0 Å². The predicted molar refractivity (Wildman–Crippen MR) is 71.8 cm³/mol. The van der Waals surface area contributed by atoms with Gasteiger partial charge in [-0.3, -0.25) is 0 Å². The summed E-state index contributed by atoms with van der Waals surface area (Å²) in [6.45, 7) is 6.59. The van der Waals surface area contributed by atoms with Gasteiger partial charge in [-0.05, 0) is 19.3 Å². The van der Waals surface area contributed by atoms with E-state index in [9.17, 15) is 4.79 Å². The summed E-state index contributed by atoms with van der Waals surface area (Å²) < 4.78 is 5.13. The molecule has 1 atom stereocenters. The van der Waals surface area contributed by atoms with Gasteiger partial charge in [0.05, 0.1) is 18.3 Å². The highest BCUT2D eigenvalue weighted by molar-refractivity contribution is 5.73. The summed E-state index contributed by atoms with van der Waals surface area (Å²) in [5.41, 5.74) is 0.881. The summed E-state index contributed by atoms with van der Waals surface area (Å²) in [5, 5.41) is 15.8. The number of rotatable bonds is 6. The Morgan fingerprint density at radius 1 is 1.53 bits per heavy atom. The van der Waals surface area contributed by atoms with E-state index in [0.29, 0.717) is 31.2 Å². The lowest BCUT2D eigenvalue weighted by molar-refractivity contribution is 0.163. The monoisotopic (exact) mass is 269 g/mol. The zero-order chi connectivity index (χ0) is 14.4. The van der Waals surface area contributed by atoms with E-state index in [0.717, 1.165) is 5.69 Å². The molecule has 0 aliphatic carbocycles. The zero-order valence-electron chi connectivity index (χ0n) is 12.0. The second-order valence-electron chi connectivity index (χ2n) is 5.09. The van der Waals surface area contributed by atoms with Gasteiger partial charge in [0.25, 0.3) is 0 Å². The first-order valence-electron chi connectivity index (χ1n) is 6.52. The van der Waals surface area contributed by atoms with E-state index in [4.69, 9.17) is 9.63 Å². The Hall–Kier alpha value is -1.56. The molecule has 2 amide bonds. The van der Waals surface area contributed by atoms with Crippen molar-refractivity contribution in [1.29, 1.82) is 0 Å². The molecule has 0 aliphatic heterocycles. The fraction of sp³-hybridized carbons (Fsp3) is 0.692. The Bertz CT molecular complexity index is 402. The number of hydrogen-bond acceptors (Lipinski definition) is 4. The lowest BCUT2D eigenvalue weighted by atomic mass is 10.1. The van der Waals surface area contributed by atoms with Crippen molar-refractivity contribution in [3.8, 4) is 0 Å². The number of amides is 2. The molecule has 19 heavy (non-hydrogen) atoms. The third-order valence-corrected chi connectivity index (χ3v) is 2.81. The highest BCUT2D eigenvalue weighted by Crippen LogP contribution is 2.13. The van der Waals surface area contributed by atoms with Gasteiger partial charge in [-0.2, -0.15) is 0 Å². The summed E-state index contributed by atoms with van der Waals surface area (Å²) in [6.07, 6.45) is 0.155. The number of carbonyl (C=O) groups excluding carboxylic acids is 1. The lowest BCUT2D eigenvalue weighted by Gasteiger charge is -2.18. The molecule has 0 radical (unpaired) electrons. The SMILES string of the molecule is CC(O)CCN(C)C(=O)NCc1cc(C(C)C)no1. The number of nitrogens with zero attached hydrogens (tertiary/aromatic N) is 2. The van der Waals surface area contributed by atoms with Gasteiger partial charge in [-0.15, -0.1) is 0 Å². The van der Waals surface area contributed by atoms with Crippen molar-refractivity contribution >= 4 is 6.03 Å². The molecule has 108 valence electrons. The summed E-state index contributed by atoms with van der Waals surface area (Å²) >= 11 is 0. The number of aliphatic hydroxyl groups excluding tert-OH is 1. The second kappa shape index (κ2) is 7.13. The smallest absolute Gasteiger partial charge is 0.317 e. The van der Waals surface area contributed by atoms with Crippen molar-refractivity contribution in [2.45, 2.75) is 45.8 Å². The first-order valence-corrected chi connectivity index (χ1v) is 6.52. The fourth-order valence-corrected chi connectivity index (χ4v) is 1.46. The molecule has 0 fully saturated rings. The van der Waals surface area contributed by atoms with Crippen molar-refractivity contribution in [1.82, 2.24) is 15.4 Å². The maximum absolute atomic E-state index is 11.7. The molecule has 2 N–H and O–H groups in total. The van der Waals surface area contributed by atoms with Crippen molar-refractivity contribution < 1.29 is 14.4 Å². The summed E-state index contributed by atoms with van der Waals surface area (Å²) in [7, 11) is 1.69. The van der Waals surface area contributed by atoms with Crippen LogP contribution in [0.25, 0.3) is 0 Å². The molecular formula is C13H23N3O3. The van der Waals surface area contributed by atoms with Crippen LogP contribution in [0, 0.1) is 0 Å². The Labute approximate surface area is 113 Å². The van der Waals surface area contributed by atoms with Crippen LogP contribution in [-0.2, 0) is 6.54 Å². The van der Waals surface area contributed by atoms with Gasteiger partial charge in [0.1, 0.15) is 0 Å². The van der Waals surface area contributed by atoms with Crippen LogP contribution in [0.2, 0.25) is 0 Å². The van der Waals surface area contributed by atoms with E-state index < -0.39 is 6.10 Å². The maximum Gasteiger partial charge on any atom is 0.317 e. The number of urea groups is 1. The topological polar surface area (TPSA) is 78.6 Å². The van der Waals surface area contributed by atoms with Crippen LogP contribution < -0.4 is 5.32 Å². The maximum atomic E-state index is 11.7. The average Bonchev–Trinajstić information content (AvgIpc) is 2.81. The normalized spacial score (nSPS) is 12.5. The summed E-state index contributed by atoms with van der Waals surface area (Å²) in [5.74, 6) is 0.947. The minimum Gasteiger partial charge on any atom is -0.393 e. The first kappa shape index (κ1) is 15.5. The molecular weight excluding hydrogens is 246 g/mol. The number of aliphatic hydroxyl groups is 1. The number of aromatic nitrogens is 1. The van der Waals surface area contributed by atoms with Crippen LogP contribution in [-0.4, -0.2) is 40.9 Å². The molecule has 6 nitrogen and oxygen atoms in total. The Kier molecular flexibility index (Phi) is 5.82. The molecule has 0 spiro atoms. The lowest BCUT2D eigenvalue weighted by Crippen LogP contribution is -2.38. The van der Waals surface area contributed by atoms with Crippen LogP contribution >= 0.6 is 0 Å². The molecule has 1 unspecified atom stereocenters. The molecule has 1 aromatic rings. The molecule has 1 aromatic heterocycles. The quantitative estimate of drug-likeness (QED) is 0.824. The molecule has 0 aromatic carbocycles. The van der Waals surface area contributed by atoms with Crippen LogP contribution in [0.1, 0.15) is 44.6 Å². The van der Waals surface area contributed by atoms with E-state index in [-0.39, 0.29) is 6.03 Å². The highest BCUT2D eigenvalue weighted by Gasteiger charge is 2.11. The van der Waals surface area contributed by atoms with Crippen LogP contribution in [0.3, 0.4) is 0 Å². The highest BCUT2D eigenvalue weighted by atomic mass is 16.5. The predicted octanol–water partition coefficient (Wildman–Crippen LogP) is 1.71.